The molecule has 3 rings (SSSR count). The maximum atomic E-state index is 13.0. The summed E-state index contributed by atoms with van der Waals surface area (Å²) in [4.78, 5) is 0.454. The Kier molecular flexibility index (Phi) is 5.88. The van der Waals surface area contributed by atoms with Gasteiger partial charge in [-0.3, -0.25) is 0 Å². The quantitative estimate of drug-likeness (QED) is 0.729. The maximum Gasteiger partial charge on any atom is 0.242 e. The fraction of sp³-hybridized carbons (Fsp3) is 0.579. The van der Waals surface area contributed by atoms with Crippen LogP contribution in [0.25, 0.3) is 4.91 Å². The molecule has 1 saturated carbocycles. The lowest BCUT2D eigenvalue weighted by Gasteiger charge is -2.35. The first-order chi connectivity index (χ1) is 12.0. The van der Waals surface area contributed by atoms with Gasteiger partial charge in [0.25, 0.3) is 0 Å². The van der Waals surface area contributed by atoms with Crippen LogP contribution in [0, 0.1) is 0 Å². The van der Waals surface area contributed by atoms with Crippen LogP contribution in [-0.2, 0) is 10.0 Å². The van der Waals surface area contributed by atoms with Gasteiger partial charge in [-0.1, -0.05) is 56.3 Å². The molecule has 2 aliphatic rings. The van der Waals surface area contributed by atoms with E-state index in [1.54, 1.807) is 12.1 Å². The van der Waals surface area contributed by atoms with E-state index in [1.807, 2.05) is 12.1 Å². The highest BCUT2D eigenvalue weighted by Gasteiger charge is 2.48. The van der Waals surface area contributed by atoms with Gasteiger partial charge in [0.2, 0.25) is 10.0 Å². The Morgan fingerprint density at radius 2 is 1.84 bits per heavy atom. The van der Waals surface area contributed by atoms with Crippen molar-refractivity contribution >= 4 is 26.5 Å². The molecule has 0 radical (unpaired) electrons. The summed E-state index contributed by atoms with van der Waals surface area (Å²) in [7, 11) is -3.51. The molecule has 2 N–H and O–H groups in total. The van der Waals surface area contributed by atoms with E-state index in [4.69, 9.17) is 11.6 Å². The second kappa shape index (κ2) is 7.78. The monoisotopic (exact) mass is 382 g/mol. The Labute approximate surface area is 156 Å². The molecule has 0 atom stereocenters. The lowest BCUT2D eigenvalue weighted by Crippen LogP contribution is -2.47. The molecule has 25 heavy (non-hydrogen) atoms. The van der Waals surface area contributed by atoms with E-state index in [2.05, 4.69) is 17.0 Å². The van der Waals surface area contributed by atoms with Crippen molar-refractivity contribution in [1.82, 2.24) is 10.0 Å². The second-order valence-electron chi connectivity index (χ2n) is 7.09. The fourth-order valence-electron chi connectivity index (χ4n) is 4.00. The van der Waals surface area contributed by atoms with Gasteiger partial charge < -0.3 is 5.32 Å². The molecule has 1 aliphatic heterocycles. The Hall–Kier alpha value is -0.880. The van der Waals surface area contributed by atoms with Crippen molar-refractivity contribution in [1.29, 1.82) is 0 Å². The van der Waals surface area contributed by atoms with Gasteiger partial charge in [0.1, 0.15) is 0 Å². The van der Waals surface area contributed by atoms with Gasteiger partial charge in [0, 0.05) is 11.6 Å². The highest BCUT2D eigenvalue weighted by molar-refractivity contribution is 7.99. The second-order valence-corrected chi connectivity index (χ2v) is 9.15. The van der Waals surface area contributed by atoms with Crippen molar-refractivity contribution in [2.24, 2.45) is 0 Å². The Morgan fingerprint density at radius 1 is 1.16 bits per heavy atom. The number of benzene rings is 1. The summed E-state index contributed by atoms with van der Waals surface area (Å²) in [5.41, 5.74) is 1.32. The first-order valence-corrected chi connectivity index (χ1v) is 11.1. The van der Waals surface area contributed by atoms with E-state index in [1.165, 1.54) is 6.42 Å². The van der Waals surface area contributed by atoms with Crippen LogP contribution in [0.2, 0.25) is 5.02 Å². The van der Waals surface area contributed by atoms with Gasteiger partial charge in [0.05, 0.1) is 10.4 Å². The molecule has 6 heteroatoms. The van der Waals surface area contributed by atoms with Gasteiger partial charge in [-0.25, -0.2) is 13.1 Å². The average molecular weight is 383 g/mol. The summed E-state index contributed by atoms with van der Waals surface area (Å²) in [6.07, 6.45) is 7.29. The number of halogens is 1. The molecular weight excluding hydrogens is 356 g/mol. The van der Waals surface area contributed by atoms with E-state index in [-0.39, 0.29) is 0 Å². The molecule has 0 unspecified atom stereocenters. The van der Waals surface area contributed by atoms with E-state index in [9.17, 15) is 8.42 Å². The predicted molar refractivity (Wildman–Crippen MR) is 104 cm³/mol. The molecule has 1 heterocycles. The van der Waals surface area contributed by atoms with Crippen molar-refractivity contribution in [2.75, 3.05) is 13.1 Å². The smallest absolute Gasteiger partial charge is 0.242 e. The topological polar surface area (TPSA) is 58.2 Å². The molecule has 1 fully saturated rings. The van der Waals surface area contributed by atoms with Gasteiger partial charge in [-0.2, -0.15) is 0 Å². The molecule has 0 amide bonds. The van der Waals surface area contributed by atoms with Crippen LogP contribution in [0.15, 0.2) is 29.8 Å². The highest BCUT2D eigenvalue weighted by Crippen LogP contribution is 2.45. The number of hydrogen-bond donors (Lipinski definition) is 2. The van der Waals surface area contributed by atoms with E-state index in [0.717, 1.165) is 56.2 Å². The lowest BCUT2D eigenvalue weighted by molar-refractivity contribution is 0.315. The van der Waals surface area contributed by atoms with Gasteiger partial charge in [0.15, 0.2) is 0 Å². The first-order valence-electron chi connectivity index (χ1n) is 9.23. The summed E-state index contributed by atoms with van der Waals surface area (Å²) in [5, 5.41) is 4.07. The molecule has 0 aromatic heterocycles. The minimum absolute atomic E-state index is 0.411. The molecule has 0 saturated heterocycles. The largest absolute Gasteiger partial charge is 0.313 e. The Balaban J connectivity index is 2.03. The van der Waals surface area contributed by atoms with Crippen LogP contribution in [0.5, 0.6) is 0 Å². The standard InChI is InChI=1S/C19H27ClN2O2S/c1-2-3-13-21-14-17-18(15-7-9-16(20)10-8-15)25(23,24)22-19(17)11-5-4-6-12-19/h7-10,21-22H,2-6,11-14H2,1H3. The van der Waals surface area contributed by atoms with Crippen molar-refractivity contribution < 1.29 is 8.42 Å². The third kappa shape index (κ3) is 3.95. The SMILES string of the molecule is CCCCNCC1=C(c2ccc(Cl)cc2)S(=O)(=O)NC12CCCCC2. The summed E-state index contributed by atoms with van der Waals surface area (Å²) < 4.78 is 29.0. The van der Waals surface area contributed by atoms with Crippen LogP contribution in [0.3, 0.4) is 0 Å². The van der Waals surface area contributed by atoms with Gasteiger partial charge in [-0.05, 0) is 49.1 Å². The van der Waals surface area contributed by atoms with Crippen molar-refractivity contribution in [2.45, 2.75) is 57.4 Å². The molecule has 0 bridgehead atoms. The van der Waals surface area contributed by atoms with Crippen molar-refractivity contribution in [3.05, 3.63) is 40.4 Å². The molecule has 138 valence electrons. The molecule has 1 aromatic carbocycles. The third-order valence-electron chi connectivity index (χ3n) is 5.27. The molecular formula is C19H27ClN2O2S. The van der Waals surface area contributed by atoms with Gasteiger partial charge in [-0.15, -0.1) is 0 Å². The lowest BCUT2D eigenvalue weighted by atomic mass is 9.76. The highest BCUT2D eigenvalue weighted by atomic mass is 35.5. The zero-order chi connectivity index (χ0) is 17.9. The van der Waals surface area contributed by atoms with E-state index >= 15 is 0 Å². The molecule has 1 spiro atoms. The summed E-state index contributed by atoms with van der Waals surface area (Å²) >= 11 is 5.99. The Morgan fingerprint density at radius 3 is 2.48 bits per heavy atom. The number of hydrogen-bond acceptors (Lipinski definition) is 3. The number of rotatable bonds is 6. The fourth-order valence-corrected chi connectivity index (χ4v) is 6.11. The zero-order valence-corrected chi connectivity index (χ0v) is 16.3. The van der Waals surface area contributed by atoms with Crippen molar-refractivity contribution in [3.8, 4) is 0 Å². The summed E-state index contributed by atoms with van der Waals surface area (Å²) in [6, 6.07) is 7.14. The number of sulfonamides is 1. The van der Waals surface area contributed by atoms with Crippen LogP contribution in [0.4, 0.5) is 0 Å². The summed E-state index contributed by atoms with van der Waals surface area (Å²) in [6.45, 7) is 3.68. The minimum Gasteiger partial charge on any atom is -0.313 e. The Bertz CT molecular complexity index is 735. The number of nitrogens with one attached hydrogen (secondary N) is 2. The van der Waals surface area contributed by atoms with Gasteiger partial charge >= 0.3 is 0 Å². The molecule has 1 aromatic rings. The van der Waals surface area contributed by atoms with Crippen LogP contribution >= 0.6 is 11.6 Å². The van der Waals surface area contributed by atoms with Crippen molar-refractivity contribution in [3.63, 3.8) is 0 Å². The zero-order valence-electron chi connectivity index (χ0n) is 14.8. The predicted octanol–water partition coefficient (Wildman–Crippen LogP) is 4.08. The maximum absolute atomic E-state index is 13.0. The third-order valence-corrected chi connectivity index (χ3v) is 7.20. The van der Waals surface area contributed by atoms with E-state index in [0.29, 0.717) is 16.5 Å². The van der Waals surface area contributed by atoms with Crippen LogP contribution < -0.4 is 10.0 Å². The molecule has 4 nitrogen and oxygen atoms in total. The number of unbranched alkanes of at least 4 members (excludes halogenated alkanes) is 1. The normalized spacial score (nSPS) is 21.8. The molecule has 1 aliphatic carbocycles. The van der Waals surface area contributed by atoms with E-state index < -0.39 is 15.6 Å². The average Bonchev–Trinajstić information content (AvgIpc) is 2.79. The minimum atomic E-state index is -3.51. The summed E-state index contributed by atoms with van der Waals surface area (Å²) in [5.74, 6) is 0. The first kappa shape index (κ1) is 18.9. The van der Waals surface area contributed by atoms with Crippen LogP contribution in [0.1, 0.15) is 57.4 Å². The van der Waals surface area contributed by atoms with Crippen LogP contribution in [-0.4, -0.2) is 27.0 Å².